The fraction of sp³-hybridized carbons (Fsp3) is 0.500. The van der Waals surface area contributed by atoms with Crippen LogP contribution in [0.2, 0.25) is 0 Å². The van der Waals surface area contributed by atoms with Crippen molar-refractivity contribution in [3.05, 3.63) is 35.7 Å². The van der Waals surface area contributed by atoms with Gasteiger partial charge in [-0.3, -0.25) is 0 Å². The monoisotopic (exact) mass is 303 g/mol. The Morgan fingerprint density at radius 1 is 1.24 bits per heavy atom. The van der Waals surface area contributed by atoms with Gasteiger partial charge in [0.15, 0.2) is 5.16 Å². The van der Waals surface area contributed by atoms with Crippen molar-refractivity contribution in [2.75, 3.05) is 12.4 Å². The summed E-state index contributed by atoms with van der Waals surface area (Å²) >= 11 is 1.74. The Morgan fingerprint density at radius 3 is 3.10 bits per heavy atom. The van der Waals surface area contributed by atoms with Gasteiger partial charge in [-0.25, -0.2) is 0 Å². The molecule has 0 saturated heterocycles. The van der Waals surface area contributed by atoms with Gasteiger partial charge >= 0.3 is 0 Å². The highest BCUT2D eigenvalue weighted by Gasteiger charge is 2.14. The number of fused-ring (bicyclic) bond motifs is 1. The van der Waals surface area contributed by atoms with Crippen LogP contribution in [0.5, 0.6) is 5.75 Å². The van der Waals surface area contributed by atoms with Crippen LogP contribution in [0.1, 0.15) is 30.7 Å². The summed E-state index contributed by atoms with van der Waals surface area (Å²) in [5.41, 5.74) is 1.22. The van der Waals surface area contributed by atoms with E-state index in [1.165, 1.54) is 24.8 Å². The summed E-state index contributed by atoms with van der Waals surface area (Å²) in [7, 11) is 0. The van der Waals surface area contributed by atoms with Crippen LogP contribution in [0.25, 0.3) is 0 Å². The molecule has 3 rings (SSSR count). The number of ether oxygens (including phenoxy) is 1. The Kier molecular flexibility index (Phi) is 4.80. The molecule has 0 N–H and O–H groups in total. The number of hydrogen-bond acceptors (Lipinski definition) is 4. The van der Waals surface area contributed by atoms with Gasteiger partial charge in [0.25, 0.3) is 0 Å². The van der Waals surface area contributed by atoms with Gasteiger partial charge in [-0.15, -0.1) is 10.2 Å². The molecule has 2 aromatic rings. The van der Waals surface area contributed by atoms with E-state index < -0.39 is 0 Å². The predicted octanol–water partition coefficient (Wildman–Crippen LogP) is 3.48. The van der Waals surface area contributed by atoms with Crippen molar-refractivity contribution in [3.8, 4) is 5.75 Å². The van der Waals surface area contributed by atoms with Crippen LogP contribution < -0.4 is 4.74 Å². The summed E-state index contributed by atoms with van der Waals surface area (Å²) in [6, 6.07) is 8.16. The lowest BCUT2D eigenvalue weighted by molar-refractivity contribution is 0.343. The predicted molar refractivity (Wildman–Crippen MR) is 85.0 cm³/mol. The van der Waals surface area contributed by atoms with Crippen LogP contribution in [0, 0.1) is 6.92 Å². The molecule has 1 aliphatic heterocycles. The molecule has 5 heteroatoms. The maximum absolute atomic E-state index is 5.78. The second-order valence-corrected chi connectivity index (χ2v) is 6.44. The largest absolute Gasteiger partial charge is 0.493 e. The first-order chi connectivity index (χ1) is 10.3. The van der Waals surface area contributed by atoms with Crippen molar-refractivity contribution in [1.29, 1.82) is 0 Å². The van der Waals surface area contributed by atoms with Gasteiger partial charge in [0.05, 0.1) is 6.61 Å². The van der Waals surface area contributed by atoms with Gasteiger partial charge in [0, 0.05) is 18.7 Å². The molecule has 0 saturated carbocycles. The lowest BCUT2D eigenvalue weighted by Crippen LogP contribution is -2.05. The molecule has 1 aliphatic rings. The van der Waals surface area contributed by atoms with Crippen LogP contribution in [0.15, 0.2) is 29.4 Å². The molecule has 0 fully saturated rings. The Balaban J connectivity index is 1.51. The maximum atomic E-state index is 5.78. The summed E-state index contributed by atoms with van der Waals surface area (Å²) < 4.78 is 8.06. The van der Waals surface area contributed by atoms with E-state index >= 15 is 0 Å². The van der Waals surface area contributed by atoms with Gasteiger partial charge in [0.2, 0.25) is 0 Å². The van der Waals surface area contributed by atoms with Gasteiger partial charge in [0.1, 0.15) is 11.6 Å². The van der Waals surface area contributed by atoms with Gasteiger partial charge < -0.3 is 9.30 Å². The zero-order valence-electron chi connectivity index (χ0n) is 12.4. The van der Waals surface area contributed by atoms with E-state index in [9.17, 15) is 0 Å². The topological polar surface area (TPSA) is 39.9 Å². The van der Waals surface area contributed by atoms with Gasteiger partial charge in [-0.05, 0) is 37.5 Å². The minimum Gasteiger partial charge on any atom is -0.493 e. The van der Waals surface area contributed by atoms with Crippen molar-refractivity contribution in [2.45, 2.75) is 44.3 Å². The summed E-state index contributed by atoms with van der Waals surface area (Å²) in [6.45, 7) is 3.83. The lowest BCUT2D eigenvalue weighted by Gasteiger charge is -2.08. The smallest absolute Gasteiger partial charge is 0.191 e. The third-order valence-electron chi connectivity index (χ3n) is 3.65. The number of benzene rings is 1. The molecule has 0 amide bonds. The van der Waals surface area contributed by atoms with E-state index in [0.717, 1.165) is 35.4 Å². The highest BCUT2D eigenvalue weighted by atomic mass is 32.2. The van der Waals surface area contributed by atoms with Crippen molar-refractivity contribution >= 4 is 11.8 Å². The summed E-state index contributed by atoms with van der Waals surface area (Å²) in [4.78, 5) is 0. The van der Waals surface area contributed by atoms with Gasteiger partial charge in [-0.2, -0.15) is 0 Å². The molecule has 4 nitrogen and oxygen atoms in total. The number of rotatable bonds is 5. The lowest BCUT2D eigenvalue weighted by atomic mass is 10.2. The maximum Gasteiger partial charge on any atom is 0.191 e. The van der Waals surface area contributed by atoms with E-state index in [-0.39, 0.29) is 0 Å². The molecule has 21 heavy (non-hydrogen) atoms. The zero-order valence-corrected chi connectivity index (χ0v) is 13.2. The number of aromatic nitrogens is 3. The average molecular weight is 303 g/mol. The molecule has 1 aromatic carbocycles. The first-order valence-corrected chi connectivity index (χ1v) is 8.56. The second-order valence-electron chi connectivity index (χ2n) is 5.37. The number of hydrogen-bond donors (Lipinski definition) is 0. The molecule has 0 unspecified atom stereocenters. The van der Waals surface area contributed by atoms with Crippen LogP contribution in [-0.4, -0.2) is 27.1 Å². The molecule has 0 aliphatic carbocycles. The molecular formula is C16H21N3OS. The fourth-order valence-corrected chi connectivity index (χ4v) is 3.36. The summed E-state index contributed by atoms with van der Waals surface area (Å²) in [6.07, 6.45) is 4.83. The minimum atomic E-state index is 0.691. The molecule has 0 bridgehead atoms. The number of nitrogens with zero attached hydrogens (tertiary/aromatic N) is 3. The highest BCUT2D eigenvalue weighted by molar-refractivity contribution is 7.99. The number of aryl methyl sites for hydroxylation is 2. The Morgan fingerprint density at radius 2 is 2.19 bits per heavy atom. The first kappa shape index (κ1) is 14.4. The van der Waals surface area contributed by atoms with Crippen LogP contribution in [0.4, 0.5) is 0 Å². The van der Waals surface area contributed by atoms with E-state index in [4.69, 9.17) is 4.74 Å². The second kappa shape index (κ2) is 6.98. The van der Waals surface area contributed by atoms with Gasteiger partial charge in [-0.1, -0.05) is 30.3 Å². The van der Waals surface area contributed by atoms with Crippen molar-refractivity contribution < 1.29 is 4.74 Å². The van der Waals surface area contributed by atoms with Crippen molar-refractivity contribution in [1.82, 2.24) is 14.8 Å². The van der Waals surface area contributed by atoms with E-state index in [0.29, 0.717) is 6.61 Å². The SMILES string of the molecule is Cc1cccc(OCCSc2nnc3n2CCCCC3)c1. The molecule has 112 valence electrons. The third kappa shape index (κ3) is 3.79. The first-order valence-electron chi connectivity index (χ1n) is 7.57. The third-order valence-corrected chi connectivity index (χ3v) is 4.58. The molecule has 0 atom stereocenters. The van der Waals surface area contributed by atoms with Crippen LogP contribution in [-0.2, 0) is 13.0 Å². The quantitative estimate of drug-likeness (QED) is 0.626. The van der Waals surface area contributed by atoms with Crippen LogP contribution >= 0.6 is 11.8 Å². The Bertz CT molecular complexity index is 597. The summed E-state index contributed by atoms with van der Waals surface area (Å²) in [5.74, 6) is 2.98. The highest BCUT2D eigenvalue weighted by Crippen LogP contribution is 2.22. The molecule has 0 spiro atoms. The molecule has 2 heterocycles. The molecular weight excluding hydrogens is 282 g/mol. The fourth-order valence-electron chi connectivity index (χ4n) is 2.56. The summed E-state index contributed by atoms with van der Waals surface area (Å²) in [5, 5.41) is 9.68. The van der Waals surface area contributed by atoms with E-state index in [2.05, 4.69) is 33.8 Å². The zero-order chi connectivity index (χ0) is 14.5. The van der Waals surface area contributed by atoms with Crippen molar-refractivity contribution in [3.63, 3.8) is 0 Å². The molecule has 1 aromatic heterocycles. The van der Waals surface area contributed by atoms with E-state index in [1.807, 2.05) is 12.1 Å². The normalized spacial score (nSPS) is 14.5. The Labute approximate surface area is 129 Å². The standard InChI is InChI=1S/C16H21N3OS/c1-13-6-5-7-14(12-13)20-10-11-21-16-18-17-15-8-3-2-4-9-19(15)16/h5-7,12H,2-4,8-11H2,1H3. The Hall–Kier alpha value is -1.49. The van der Waals surface area contributed by atoms with Crippen molar-refractivity contribution in [2.24, 2.45) is 0 Å². The number of thioether (sulfide) groups is 1. The van der Waals surface area contributed by atoms with Crippen LogP contribution in [0.3, 0.4) is 0 Å². The van der Waals surface area contributed by atoms with E-state index in [1.54, 1.807) is 11.8 Å². The molecule has 0 radical (unpaired) electrons. The average Bonchev–Trinajstić information content (AvgIpc) is 2.71. The minimum absolute atomic E-state index is 0.691.